The van der Waals surface area contributed by atoms with E-state index in [0.29, 0.717) is 12.0 Å². The summed E-state index contributed by atoms with van der Waals surface area (Å²) in [6, 6.07) is 8.34. The van der Waals surface area contributed by atoms with E-state index in [2.05, 4.69) is 16.9 Å². The quantitative estimate of drug-likeness (QED) is 0.507. The van der Waals surface area contributed by atoms with Crippen LogP contribution in [0, 0.1) is 0 Å². The zero-order valence-electron chi connectivity index (χ0n) is 14.3. The molecule has 132 valence electrons. The SMILES string of the molecule is C=CCCCCCC[C@@H](NC(=O)c1cnc2ccccc2c1)C(=O)O. The number of benzene rings is 1. The van der Waals surface area contributed by atoms with Gasteiger partial charge in [-0.15, -0.1) is 6.58 Å². The fourth-order valence-corrected chi connectivity index (χ4v) is 2.68. The molecule has 5 nitrogen and oxygen atoms in total. The number of unbranched alkanes of at least 4 members (excludes halogenated alkanes) is 4. The molecule has 0 saturated heterocycles. The van der Waals surface area contributed by atoms with Gasteiger partial charge in [-0.1, -0.05) is 43.5 Å². The minimum Gasteiger partial charge on any atom is -0.480 e. The van der Waals surface area contributed by atoms with E-state index in [-0.39, 0.29) is 0 Å². The minimum atomic E-state index is -1.01. The zero-order valence-corrected chi connectivity index (χ0v) is 14.3. The molecule has 0 bridgehead atoms. The summed E-state index contributed by atoms with van der Waals surface area (Å²) in [5.74, 6) is -1.41. The van der Waals surface area contributed by atoms with Gasteiger partial charge in [0, 0.05) is 11.6 Å². The summed E-state index contributed by atoms with van der Waals surface area (Å²) in [5, 5.41) is 12.8. The monoisotopic (exact) mass is 340 g/mol. The molecule has 1 heterocycles. The third kappa shape index (κ3) is 5.71. The molecular formula is C20H24N2O3. The highest BCUT2D eigenvalue weighted by Crippen LogP contribution is 2.13. The molecule has 1 amide bonds. The van der Waals surface area contributed by atoms with Crippen LogP contribution in [0.5, 0.6) is 0 Å². The molecule has 5 heteroatoms. The van der Waals surface area contributed by atoms with Gasteiger partial charge in [-0.3, -0.25) is 9.78 Å². The number of fused-ring (bicyclic) bond motifs is 1. The highest BCUT2D eigenvalue weighted by molar-refractivity contribution is 5.99. The Kier molecular flexibility index (Phi) is 7.14. The van der Waals surface area contributed by atoms with Crippen molar-refractivity contribution in [3.63, 3.8) is 0 Å². The van der Waals surface area contributed by atoms with Crippen molar-refractivity contribution in [3.8, 4) is 0 Å². The van der Waals surface area contributed by atoms with Crippen LogP contribution in [-0.4, -0.2) is 28.0 Å². The first-order valence-corrected chi connectivity index (χ1v) is 8.61. The van der Waals surface area contributed by atoms with Gasteiger partial charge in [0.25, 0.3) is 5.91 Å². The Morgan fingerprint density at radius 2 is 1.96 bits per heavy atom. The van der Waals surface area contributed by atoms with Gasteiger partial charge < -0.3 is 10.4 Å². The van der Waals surface area contributed by atoms with Crippen LogP contribution in [0.1, 0.15) is 48.9 Å². The number of para-hydroxylation sites is 1. The lowest BCUT2D eigenvalue weighted by atomic mass is 10.1. The van der Waals surface area contributed by atoms with E-state index < -0.39 is 17.9 Å². The summed E-state index contributed by atoms with van der Waals surface area (Å²) in [7, 11) is 0. The van der Waals surface area contributed by atoms with E-state index >= 15 is 0 Å². The van der Waals surface area contributed by atoms with Crippen molar-refractivity contribution in [1.29, 1.82) is 0 Å². The predicted octanol–water partition coefficient (Wildman–Crippen LogP) is 3.94. The number of carbonyl (C=O) groups excluding carboxylic acids is 1. The van der Waals surface area contributed by atoms with Gasteiger partial charge >= 0.3 is 5.97 Å². The average Bonchev–Trinajstić information content (AvgIpc) is 2.62. The molecule has 0 unspecified atom stereocenters. The number of amides is 1. The van der Waals surface area contributed by atoms with Crippen LogP contribution in [-0.2, 0) is 4.79 Å². The molecule has 0 fully saturated rings. The number of allylic oxidation sites excluding steroid dienone is 1. The third-order valence-corrected chi connectivity index (χ3v) is 4.11. The predicted molar refractivity (Wildman–Crippen MR) is 98.5 cm³/mol. The number of carboxylic acids is 1. The standard InChI is InChI=1S/C20H24N2O3/c1-2-3-4-5-6-7-12-18(20(24)25)22-19(23)16-13-15-10-8-9-11-17(15)21-14-16/h2,8-11,13-14,18H,1,3-7,12H2,(H,22,23)(H,24,25)/t18-/m1/s1. The smallest absolute Gasteiger partial charge is 0.326 e. The van der Waals surface area contributed by atoms with Crippen LogP contribution in [0.3, 0.4) is 0 Å². The minimum absolute atomic E-state index is 0.371. The molecule has 0 aliphatic rings. The van der Waals surface area contributed by atoms with Crippen molar-refractivity contribution < 1.29 is 14.7 Å². The molecule has 0 aliphatic heterocycles. The molecule has 0 saturated carbocycles. The number of hydrogen-bond donors (Lipinski definition) is 2. The Bertz CT molecular complexity index is 743. The van der Waals surface area contributed by atoms with Gasteiger partial charge in [0.15, 0.2) is 0 Å². The lowest BCUT2D eigenvalue weighted by molar-refractivity contribution is -0.139. The zero-order chi connectivity index (χ0) is 18.1. The van der Waals surface area contributed by atoms with Crippen LogP contribution in [0.2, 0.25) is 0 Å². The van der Waals surface area contributed by atoms with Gasteiger partial charge in [0.1, 0.15) is 6.04 Å². The molecule has 2 aromatic rings. The van der Waals surface area contributed by atoms with Crippen LogP contribution in [0.25, 0.3) is 10.9 Å². The lowest BCUT2D eigenvalue weighted by Crippen LogP contribution is -2.40. The van der Waals surface area contributed by atoms with Crippen molar-refractivity contribution in [2.75, 3.05) is 0 Å². The highest BCUT2D eigenvalue weighted by Gasteiger charge is 2.20. The number of aliphatic carboxylic acids is 1. The summed E-state index contributed by atoms with van der Waals surface area (Å²) >= 11 is 0. The van der Waals surface area contributed by atoms with E-state index in [1.54, 1.807) is 6.07 Å². The van der Waals surface area contributed by atoms with E-state index in [0.717, 1.165) is 43.0 Å². The Balaban J connectivity index is 1.92. The first kappa shape index (κ1) is 18.6. The van der Waals surface area contributed by atoms with Crippen molar-refractivity contribution in [1.82, 2.24) is 10.3 Å². The number of nitrogens with zero attached hydrogens (tertiary/aromatic N) is 1. The van der Waals surface area contributed by atoms with Gasteiger partial charge in [-0.05, 0) is 31.4 Å². The molecule has 2 rings (SSSR count). The summed E-state index contributed by atoms with van der Waals surface area (Å²) in [4.78, 5) is 28.0. The van der Waals surface area contributed by atoms with Crippen molar-refractivity contribution >= 4 is 22.8 Å². The van der Waals surface area contributed by atoms with E-state index in [4.69, 9.17) is 0 Å². The second-order valence-electron chi connectivity index (χ2n) is 6.06. The molecule has 25 heavy (non-hydrogen) atoms. The van der Waals surface area contributed by atoms with E-state index in [1.807, 2.05) is 30.3 Å². The average molecular weight is 340 g/mol. The topological polar surface area (TPSA) is 79.3 Å². The van der Waals surface area contributed by atoms with Crippen LogP contribution in [0.4, 0.5) is 0 Å². The summed E-state index contributed by atoms with van der Waals surface area (Å²) < 4.78 is 0. The second kappa shape index (κ2) is 9.57. The highest BCUT2D eigenvalue weighted by atomic mass is 16.4. The molecule has 2 N–H and O–H groups in total. The Morgan fingerprint density at radius 1 is 1.20 bits per heavy atom. The Labute approximate surface area is 147 Å². The Hall–Kier alpha value is -2.69. The number of pyridine rings is 1. The Morgan fingerprint density at radius 3 is 2.72 bits per heavy atom. The maximum absolute atomic E-state index is 12.4. The molecule has 0 aliphatic carbocycles. The first-order valence-electron chi connectivity index (χ1n) is 8.61. The maximum Gasteiger partial charge on any atom is 0.326 e. The third-order valence-electron chi connectivity index (χ3n) is 4.11. The first-order chi connectivity index (χ1) is 12.1. The molecule has 1 aromatic carbocycles. The van der Waals surface area contributed by atoms with Crippen molar-refractivity contribution in [2.45, 2.75) is 44.6 Å². The summed E-state index contributed by atoms with van der Waals surface area (Å²) in [6.07, 6.45) is 8.60. The lowest BCUT2D eigenvalue weighted by Gasteiger charge is -2.14. The number of aromatic nitrogens is 1. The molecular weight excluding hydrogens is 316 g/mol. The fourth-order valence-electron chi connectivity index (χ4n) is 2.68. The van der Waals surface area contributed by atoms with E-state index in [9.17, 15) is 14.7 Å². The van der Waals surface area contributed by atoms with Gasteiger partial charge in [0.05, 0.1) is 11.1 Å². The van der Waals surface area contributed by atoms with Crippen LogP contribution < -0.4 is 5.32 Å². The fraction of sp³-hybridized carbons (Fsp3) is 0.350. The number of nitrogens with one attached hydrogen (secondary N) is 1. The normalized spacial score (nSPS) is 11.8. The molecule has 1 atom stereocenters. The largest absolute Gasteiger partial charge is 0.480 e. The number of carbonyl (C=O) groups is 2. The van der Waals surface area contributed by atoms with Crippen LogP contribution >= 0.6 is 0 Å². The van der Waals surface area contributed by atoms with Crippen molar-refractivity contribution in [3.05, 3.63) is 54.7 Å². The van der Waals surface area contributed by atoms with Crippen molar-refractivity contribution in [2.24, 2.45) is 0 Å². The van der Waals surface area contributed by atoms with Gasteiger partial charge in [-0.2, -0.15) is 0 Å². The van der Waals surface area contributed by atoms with Gasteiger partial charge in [-0.25, -0.2) is 4.79 Å². The maximum atomic E-state index is 12.4. The van der Waals surface area contributed by atoms with Gasteiger partial charge in [0.2, 0.25) is 0 Å². The molecule has 0 radical (unpaired) electrons. The molecule has 0 spiro atoms. The number of carboxylic acid groups (broad SMARTS) is 1. The summed E-state index contributed by atoms with van der Waals surface area (Å²) in [5.41, 5.74) is 1.17. The molecule has 1 aromatic heterocycles. The number of rotatable bonds is 10. The number of hydrogen-bond acceptors (Lipinski definition) is 3. The summed E-state index contributed by atoms with van der Waals surface area (Å²) in [6.45, 7) is 3.68. The van der Waals surface area contributed by atoms with E-state index in [1.165, 1.54) is 6.20 Å². The second-order valence-corrected chi connectivity index (χ2v) is 6.06. The van der Waals surface area contributed by atoms with Crippen LogP contribution in [0.15, 0.2) is 49.2 Å².